The number of amides is 1. The first kappa shape index (κ1) is 20.6. The summed E-state index contributed by atoms with van der Waals surface area (Å²) in [6.45, 7) is 0.885. The van der Waals surface area contributed by atoms with E-state index in [1.165, 1.54) is 6.42 Å². The molecular weight excluding hydrogens is 398 g/mol. The van der Waals surface area contributed by atoms with Crippen molar-refractivity contribution in [1.82, 2.24) is 14.9 Å². The highest BCUT2D eigenvalue weighted by molar-refractivity contribution is 6.30. The molecule has 1 saturated carbocycles. The van der Waals surface area contributed by atoms with Crippen LogP contribution in [-0.2, 0) is 17.8 Å². The number of hydrogen-bond acceptors (Lipinski definition) is 3. The van der Waals surface area contributed by atoms with E-state index in [2.05, 4.69) is 9.97 Å². The van der Waals surface area contributed by atoms with Crippen LogP contribution in [0.5, 0.6) is 0 Å². The zero-order valence-electron chi connectivity index (χ0n) is 16.9. The summed E-state index contributed by atoms with van der Waals surface area (Å²) in [4.78, 5) is 35.1. The Kier molecular flexibility index (Phi) is 6.48. The number of aromatic amines is 1. The van der Waals surface area contributed by atoms with Crippen LogP contribution in [0.3, 0.4) is 0 Å². The SMILES string of the molecule is O=C(C1CCCCC1)N(CCc1ccc(Cl)cc1)Cc1nc2ccccc2c(=O)[nH]1. The summed E-state index contributed by atoms with van der Waals surface area (Å²) in [7, 11) is 0. The lowest BCUT2D eigenvalue weighted by atomic mass is 9.88. The molecule has 2 aromatic carbocycles. The third-order valence-corrected chi connectivity index (χ3v) is 6.10. The summed E-state index contributed by atoms with van der Waals surface area (Å²) in [5.74, 6) is 0.759. The van der Waals surface area contributed by atoms with Crippen molar-refractivity contribution in [2.75, 3.05) is 6.54 Å². The van der Waals surface area contributed by atoms with Crippen LogP contribution in [0.15, 0.2) is 53.3 Å². The molecule has 30 heavy (non-hydrogen) atoms. The molecule has 1 fully saturated rings. The van der Waals surface area contributed by atoms with E-state index in [0.717, 1.165) is 37.7 Å². The molecule has 0 atom stereocenters. The molecule has 0 aliphatic heterocycles. The molecule has 6 heteroatoms. The number of nitrogens with zero attached hydrogens (tertiary/aromatic N) is 2. The molecule has 0 unspecified atom stereocenters. The van der Waals surface area contributed by atoms with Crippen LogP contribution in [-0.4, -0.2) is 27.3 Å². The Morgan fingerprint density at radius 1 is 1.07 bits per heavy atom. The van der Waals surface area contributed by atoms with E-state index in [4.69, 9.17) is 11.6 Å². The number of hydrogen-bond donors (Lipinski definition) is 1. The first-order chi connectivity index (χ1) is 14.6. The van der Waals surface area contributed by atoms with Crippen LogP contribution >= 0.6 is 11.6 Å². The van der Waals surface area contributed by atoms with Crippen molar-refractivity contribution in [3.8, 4) is 0 Å². The lowest BCUT2D eigenvalue weighted by Gasteiger charge is -2.29. The van der Waals surface area contributed by atoms with Crippen molar-refractivity contribution in [1.29, 1.82) is 0 Å². The van der Waals surface area contributed by atoms with E-state index in [1.54, 1.807) is 6.07 Å². The van der Waals surface area contributed by atoms with E-state index in [0.29, 0.717) is 34.8 Å². The quantitative estimate of drug-likeness (QED) is 0.623. The standard InChI is InChI=1S/C24H26ClN3O2/c25-19-12-10-17(11-13-19)14-15-28(24(30)18-6-2-1-3-7-18)16-22-26-21-9-5-4-8-20(21)23(29)27-22/h4-5,8-13,18H,1-3,6-7,14-16H2,(H,26,27,29). The van der Waals surface area contributed by atoms with Gasteiger partial charge in [-0.15, -0.1) is 0 Å². The summed E-state index contributed by atoms with van der Waals surface area (Å²) in [6.07, 6.45) is 6.02. The molecule has 1 aliphatic carbocycles. The van der Waals surface area contributed by atoms with Gasteiger partial charge in [0.05, 0.1) is 17.4 Å². The molecule has 1 amide bonds. The number of H-pyrrole nitrogens is 1. The van der Waals surface area contributed by atoms with Gasteiger partial charge in [0, 0.05) is 17.5 Å². The topological polar surface area (TPSA) is 66.1 Å². The van der Waals surface area contributed by atoms with Crippen LogP contribution in [0.4, 0.5) is 0 Å². The number of fused-ring (bicyclic) bond motifs is 1. The Bertz CT molecular complexity index is 1070. The van der Waals surface area contributed by atoms with Crippen molar-refractivity contribution in [2.45, 2.75) is 45.1 Å². The molecular formula is C24H26ClN3O2. The van der Waals surface area contributed by atoms with Crippen LogP contribution < -0.4 is 5.56 Å². The first-order valence-corrected chi connectivity index (χ1v) is 11.0. The Morgan fingerprint density at radius 2 is 1.80 bits per heavy atom. The van der Waals surface area contributed by atoms with Gasteiger partial charge in [-0.25, -0.2) is 4.98 Å². The maximum Gasteiger partial charge on any atom is 0.258 e. The van der Waals surface area contributed by atoms with Crippen molar-refractivity contribution in [3.63, 3.8) is 0 Å². The largest absolute Gasteiger partial charge is 0.335 e. The normalized spacial score (nSPS) is 14.7. The van der Waals surface area contributed by atoms with Gasteiger partial charge in [-0.05, 0) is 49.1 Å². The molecule has 0 bridgehead atoms. The second-order valence-electron chi connectivity index (χ2n) is 8.00. The smallest absolute Gasteiger partial charge is 0.258 e. The van der Waals surface area contributed by atoms with E-state index >= 15 is 0 Å². The molecule has 1 aromatic heterocycles. The van der Waals surface area contributed by atoms with E-state index in [9.17, 15) is 9.59 Å². The van der Waals surface area contributed by atoms with Gasteiger partial charge in [-0.3, -0.25) is 9.59 Å². The number of halogens is 1. The van der Waals surface area contributed by atoms with Gasteiger partial charge < -0.3 is 9.88 Å². The third kappa shape index (κ3) is 4.90. The maximum absolute atomic E-state index is 13.3. The van der Waals surface area contributed by atoms with Crippen molar-refractivity contribution < 1.29 is 4.79 Å². The number of carbonyl (C=O) groups excluding carboxylic acids is 1. The highest BCUT2D eigenvalue weighted by Gasteiger charge is 2.26. The van der Waals surface area contributed by atoms with Gasteiger partial charge in [0.1, 0.15) is 5.82 Å². The average Bonchev–Trinajstić information content (AvgIpc) is 2.78. The molecule has 0 spiro atoms. The molecule has 1 N–H and O–H groups in total. The minimum absolute atomic E-state index is 0.0659. The lowest BCUT2D eigenvalue weighted by molar-refractivity contribution is -0.137. The predicted octanol–water partition coefficient (Wildman–Crippen LogP) is 4.73. The summed E-state index contributed by atoms with van der Waals surface area (Å²) >= 11 is 5.99. The Morgan fingerprint density at radius 3 is 2.57 bits per heavy atom. The summed E-state index contributed by atoms with van der Waals surface area (Å²) in [5.41, 5.74) is 1.61. The summed E-state index contributed by atoms with van der Waals surface area (Å²) in [5, 5.41) is 1.26. The molecule has 1 heterocycles. The van der Waals surface area contributed by atoms with Crippen molar-refractivity contribution >= 4 is 28.4 Å². The predicted molar refractivity (Wildman–Crippen MR) is 120 cm³/mol. The third-order valence-electron chi connectivity index (χ3n) is 5.85. The fraction of sp³-hybridized carbons (Fsp3) is 0.375. The maximum atomic E-state index is 13.3. The average molecular weight is 424 g/mol. The van der Waals surface area contributed by atoms with Gasteiger partial charge >= 0.3 is 0 Å². The van der Waals surface area contributed by atoms with Gasteiger partial charge in [-0.2, -0.15) is 0 Å². The summed E-state index contributed by atoms with van der Waals surface area (Å²) < 4.78 is 0. The molecule has 5 nitrogen and oxygen atoms in total. The minimum atomic E-state index is -0.168. The van der Waals surface area contributed by atoms with Crippen LogP contribution in [0.2, 0.25) is 5.02 Å². The van der Waals surface area contributed by atoms with Crippen molar-refractivity contribution in [2.24, 2.45) is 5.92 Å². The van der Waals surface area contributed by atoms with Crippen LogP contribution in [0.25, 0.3) is 10.9 Å². The zero-order chi connectivity index (χ0) is 20.9. The number of carbonyl (C=O) groups is 1. The highest BCUT2D eigenvalue weighted by Crippen LogP contribution is 2.26. The fourth-order valence-electron chi connectivity index (χ4n) is 4.18. The Labute approximate surface area is 181 Å². The second-order valence-corrected chi connectivity index (χ2v) is 8.44. The van der Waals surface area contributed by atoms with Gasteiger partial charge in [0.15, 0.2) is 0 Å². The minimum Gasteiger partial charge on any atom is -0.335 e. The molecule has 1 aliphatic rings. The lowest BCUT2D eigenvalue weighted by Crippen LogP contribution is -2.38. The zero-order valence-corrected chi connectivity index (χ0v) is 17.7. The number of nitrogens with one attached hydrogen (secondary N) is 1. The first-order valence-electron chi connectivity index (χ1n) is 10.6. The van der Waals surface area contributed by atoms with E-state index in [-0.39, 0.29) is 17.4 Å². The molecule has 4 rings (SSSR count). The van der Waals surface area contributed by atoms with Crippen LogP contribution in [0, 0.1) is 5.92 Å². The molecule has 0 radical (unpaired) electrons. The Balaban J connectivity index is 1.56. The number of rotatable bonds is 6. The van der Waals surface area contributed by atoms with Gasteiger partial charge in [-0.1, -0.05) is 55.1 Å². The van der Waals surface area contributed by atoms with Crippen LogP contribution in [0.1, 0.15) is 43.5 Å². The second kappa shape index (κ2) is 9.43. The Hall–Kier alpha value is -2.66. The van der Waals surface area contributed by atoms with Crippen molar-refractivity contribution in [3.05, 3.63) is 75.3 Å². The highest BCUT2D eigenvalue weighted by atomic mass is 35.5. The molecule has 156 valence electrons. The number of para-hydroxylation sites is 1. The van der Waals surface area contributed by atoms with E-state index < -0.39 is 0 Å². The molecule has 0 saturated heterocycles. The summed E-state index contributed by atoms with van der Waals surface area (Å²) in [6, 6.07) is 15.0. The number of benzene rings is 2. The van der Waals surface area contributed by atoms with E-state index in [1.807, 2.05) is 47.4 Å². The van der Waals surface area contributed by atoms with Gasteiger partial charge in [0.2, 0.25) is 5.91 Å². The fourth-order valence-corrected chi connectivity index (χ4v) is 4.31. The molecule has 3 aromatic rings. The monoisotopic (exact) mass is 423 g/mol. The number of aromatic nitrogens is 2. The van der Waals surface area contributed by atoms with Gasteiger partial charge in [0.25, 0.3) is 5.56 Å².